The van der Waals surface area contributed by atoms with E-state index < -0.39 is 12.1 Å². The van der Waals surface area contributed by atoms with Gasteiger partial charge in [-0.25, -0.2) is 0 Å². The van der Waals surface area contributed by atoms with Crippen LogP contribution in [0.3, 0.4) is 0 Å². The largest absolute Gasteiger partial charge is 0.343 e. The lowest BCUT2D eigenvalue weighted by Gasteiger charge is -2.40. The highest BCUT2D eigenvalue weighted by Gasteiger charge is 2.43. The highest BCUT2D eigenvalue weighted by atomic mass is 35.5. The van der Waals surface area contributed by atoms with E-state index in [1.807, 2.05) is 38.7 Å². The molecule has 1 aromatic carbocycles. The lowest BCUT2D eigenvalue weighted by atomic mass is 9.91. The summed E-state index contributed by atoms with van der Waals surface area (Å²) >= 11 is 0. The van der Waals surface area contributed by atoms with E-state index in [4.69, 9.17) is 5.73 Å². The van der Waals surface area contributed by atoms with Gasteiger partial charge >= 0.3 is 0 Å². The van der Waals surface area contributed by atoms with E-state index in [-0.39, 0.29) is 42.1 Å². The maximum absolute atomic E-state index is 13.5. The first-order valence-corrected chi connectivity index (χ1v) is 11.4. The number of nitrogens with zero attached hydrogens (tertiary/aromatic N) is 2. The molecule has 4 atom stereocenters. The molecule has 0 aliphatic carbocycles. The number of hydrogen-bond donors (Lipinski definition) is 2. The number of carbonyl (C=O) groups is 2. The van der Waals surface area contributed by atoms with Gasteiger partial charge in [0.1, 0.15) is 6.04 Å². The number of fused-ring (bicyclic) bond motifs is 1. The monoisotopic (exact) mass is 450 g/mol. The van der Waals surface area contributed by atoms with Crippen molar-refractivity contribution in [3.63, 3.8) is 0 Å². The molecule has 6 nitrogen and oxygen atoms in total. The number of likely N-dealkylation sites (tertiary alicyclic amines) is 2. The summed E-state index contributed by atoms with van der Waals surface area (Å²) in [5.41, 5.74) is 7.32. The van der Waals surface area contributed by atoms with Gasteiger partial charge in [0, 0.05) is 25.7 Å². The summed E-state index contributed by atoms with van der Waals surface area (Å²) in [4.78, 5) is 30.5. The summed E-state index contributed by atoms with van der Waals surface area (Å²) in [5, 5.41) is 2.95. The predicted molar refractivity (Wildman–Crippen MR) is 127 cm³/mol. The van der Waals surface area contributed by atoms with Crippen molar-refractivity contribution in [3.05, 3.63) is 35.9 Å². The number of piperidine rings is 1. The molecule has 174 valence electrons. The van der Waals surface area contributed by atoms with Crippen LogP contribution in [0, 0.1) is 17.8 Å². The molecule has 0 radical (unpaired) electrons. The number of nitrogens with two attached hydrogens (primary N) is 1. The van der Waals surface area contributed by atoms with Gasteiger partial charge in [0.25, 0.3) is 0 Å². The van der Waals surface area contributed by atoms with Crippen molar-refractivity contribution >= 4 is 24.2 Å². The fourth-order valence-corrected chi connectivity index (χ4v) is 4.71. The summed E-state index contributed by atoms with van der Waals surface area (Å²) in [6.07, 6.45) is 2.18. The normalized spacial score (nSPS) is 23.3. The van der Waals surface area contributed by atoms with Crippen LogP contribution >= 0.6 is 12.4 Å². The Kier molecular flexibility index (Phi) is 9.34. The summed E-state index contributed by atoms with van der Waals surface area (Å²) in [6, 6.07) is 9.62. The van der Waals surface area contributed by atoms with Crippen molar-refractivity contribution in [1.82, 2.24) is 15.1 Å². The van der Waals surface area contributed by atoms with E-state index in [1.54, 1.807) is 0 Å². The van der Waals surface area contributed by atoms with E-state index in [1.165, 1.54) is 5.56 Å². The van der Waals surface area contributed by atoms with Gasteiger partial charge in [0.05, 0.1) is 6.04 Å². The minimum absolute atomic E-state index is 0. The standard InChI is InChI=1S/C24H38N4O2.ClH/c1-16(2)21(25)23(29)26-22(17(3)4)24(30)28-13-11-19-10-12-27(15-20(19)28)14-18-8-6-5-7-9-18;/h5-9,16-17,19-22H,10-15,25H2,1-4H3,(H,26,29);1H/t19?,20?,21-,22-;/m0./s1. The minimum Gasteiger partial charge on any atom is -0.343 e. The van der Waals surface area contributed by atoms with Gasteiger partial charge < -0.3 is 16.0 Å². The topological polar surface area (TPSA) is 78.7 Å². The minimum atomic E-state index is -0.596. The molecule has 0 spiro atoms. The molecular formula is C24H39ClN4O2. The third-order valence-electron chi connectivity index (χ3n) is 6.73. The first-order chi connectivity index (χ1) is 14.3. The molecule has 2 fully saturated rings. The van der Waals surface area contributed by atoms with Crippen molar-refractivity contribution in [2.75, 3.05) is 19.6 Å². The van der Waals surface area contributed by atoms with Crippen LogP contribution < -0.4 is 11.1 Å². The lowest BCUT2D eigenvalue weighted by Crippen LogP contribution is -2.58. The average Bonchev–Trinajstić information content (AvgIpc) is 3.14. The fourth-order valence-electron chi connectivity index (χ4n) is 4.71. The number of hydrogen-bond acceptors (Lipinski definition) is 4. The molecular weight excluding hydrogens is 412 g/mol. The quantitative estimate of drug-likeness (QED) is 0.669. The van der Waals surface area contributed by atoms with Crippen LogP contribution in [0.1, 0.15) is 46.1 Å². The zero-order chi connectivity index (χ0) is 21.8. The van der Waals surface area contributed by atoms with Crippen molar-refractivity contribution in [2.45, 2.75) is 65.2 Å². The van der Waals surface area contributed by atoms with Crippen LogP contribution in [-0.2, 0) is 16.1 Å². The molecule has 2 heterocycles. The van der Waals surface area contributed by atoms with E-state index >= 15 is 0 Å². The predicted octanol–water partition coefficient (Wildman–Crippen LogP) is 2.66. The second-order valence-corrected chi connectivity index (χ2v) is 9.66. The Balaban J connectivity index is 0.00000341. The summed E-state index contributed by atoms with van der Waals surface area (Å²) < 4.78 is 0. The highest BCUT2D eigenvalue weighted by molar-refractivity contribution is 5.90. The Morgan fingerprint density at radius 3 is 2.32 bits per heavy atom. The highest BCUT2D eigenvalue weighted by Crippen LogP contribution is 2.33. The van der Waals surface area contributed by atoms with Crippen LogP contribution in [0.4, 0.5) is 0 Å². The van der Waals surface area contributed by atoms with Gasteiger partial charge in [-0.15, -0.1) is 12.4 Å². The second kappa shape index (κ2) is 11.3. The fraction of sp³-hybridized carbons (Fsp3) is 0.667. The van der Waals surface area contributed by atoms with Gasteiger partial charge in [0.15, 0.2) is 0 Å². The smallest absolute Gasteiger partial charge is 0.245 e. The molecule has 1 aromatic rings. The molecule has 0 bridgehead atoms. The maximum Gasteiger partial charge on any atom is 0.245 e. The van der Waals surface area contributed by atoms with Gasteiger partial charge in [-0.1, -0.05) is 58.0 Å². The molecule has 7 heteroatoms. The van der Waals surface area contributed by atoms with Crippen molar-refractivity contribution in [2.24, 2.45) is 23.5 Å². The van der Waals surface area contributed by atoms with E-state index in [2.05, 4.69) is 34.5 Å². The molecule has 31 heavy (non-hydrogen) atoms. The van der Waals surface area contributed by atoms with E-state index in [0.717, 1.165) is 39.0 Å². The van der Waals surface area contributed by atoms with Crippen LogP contribution in [0.25, 0.3) is 0 Å². The zero-order valence-corrected chi connectivity index (χ0v) is 20.1. The first-order valence-electron chi connectivity index (χ1n) is 11.4. The molecule has 0 aromatic heterocycles. The Morgan fingerprint density at radius 2 is 1.71 bits per heavy atom. The van der Waals surface area contributed by atoms with E-state index in [0.29, 0.717) is 5.92 Å². The van der Waals surface area contributed by atoms with E-state index in [9.17, 15) is 9.59 Å². The van der Waals surface area contributed by atoms with Gasteiger partial charge in [-0.05, 0) is 42.7 Å². The molecule has 2 unspecified atom stereocenters. The van der Waals surface area contributed by atoms with Crippen LogP contribution in [0.15, 0.2) is 30.3 Å². The number of rotatable bonds is 7. The SMILES string of the molecule is CC(C)[C@H](N)C(=O)N[C@H](C(=O)N1CCC2CCN(Cc3ccccc3)CC21)C(C)C.Cl. The number of benzene rings is 1. The molecule has 3 N–H and O–H groups in total. The maximum atomic E-state index is 13.5. The first kappa shape index (κ1) is 25.6. The number of carbonyl (C=O) groups excluding carboxylic acids is 2. The molecule has 3 rings (SSSR count). The number of halogens is 1. The molecule has 2 amide bonds. The van der Waals surface area contributed by atoms with Crippen molar-refractivity contribution in [1.29, 1.82) is 0 Å². The average molecular weight is 451 g/mol. The molecule has 0 saturated carbocycles. The molecule has 2 saturated heterocycles. The number of amides is 2. The van der Waals surface area contributed by atoms with Crippen molar-refractivity contribution in [3.8, 4) is 0 Å². The Hall–Kier alpha value is -1.63. The molecule has 2 aliphatic heterocycles. The summed E-state index contributed by atoms with van der Waals surface area (Å²) in [7, 11) is 0. The van der Waals surface area contributed by atoms with Gasteiger partial charge in [0.2, 0.25) is 11.8 Å². The van der Waals surface area contributed by atoms with Crippen LogP contribution in [-0.4, -0.2) is 59.4 Å². The third kappa shape index (κ3) is 6.21. The van der Waals surface area contributed by atoms with Crippen LogP contribution in [0.5, 0.6) is 0 Å². The Labute approximate surface area is 193 Å². The summed E-state index contributed by atoms with van der Waals surface area (Å²) in [6.45, 7) is 11.5. The van der Waals surface area contributed by atoms with Gasteiger partial charge in [-0.2, -0.15) is 0 Å². The number of nitrogens with one attached hydrogen (secondary N) is 1. The Morgan fingerprint density at radius 1 is 1.06 bits per heavy atom. The van der Waals surface area contributed by atoms with Gasteiger partial charge in [-0.3, -0.25) is 14.5 Å². The lowest BCUT2D eigenvalue weighted by molar-refractivity contribution is -0.140. The van der Waals surface area contributed by atoms with Crippen LogP contribution in [0.2, 0.25) is 0 Å². The summed E-state index contributed by atoms with van der Waals surface area (Å²) in [5.74, 6) is 0.422. The molecule has 2 aliphatic rings. The Bertz CT molecular complexity index is 728. The third-order valence-corrected chi connectivity index (χ3v) is 6.73. The zero-order valence-electron chi connectivity index (χ0n) is 19.3. The second-order valence-electron chi connectivity index (χ2n) is 9.66. The van der Waals surface area contributed by atoms with Crippen molar-refractivity contribution < 1.29 is 9.59 Å².